The highest BCUT2D eigenvalue weighted by atomic mass is 16.3. The SMILES string of the molecule is OC[C@H]1N[C@@H]1c1ccccc1. The third-order valence-corrected chi connectivity index (χ3v) is 2.04. The lowest BCUT2D eigenvalue weighted by molar-refractivity contribution is 0.294. The normalized spacial score (nSPS) is 28.5. The maximum atomic E-state index is 8.78. The molecule has 0 saturated carbocycles. The molecular weight excluding hydrogens is 138 g/mol. The van der Waals surface area contributed by atoms with Crippen molar-refractivity contribution in [2.45, 2.75) is 12.1 Å². The quantitative estimate of drug-likeness (QED) is 0.607. The van der Waals surface area contributed by atoms with Crippen LogP contribution in [0, 0.1) is 0 Å². The maximum absolute atomic E-state index is 8.78. The second-order valence-corrected chi connectivity index (χ2v) is 2.84. The second-order valence-electron chi connectivity index (χ2n) is 2.84. The first-order valence-electron chi connectivity index (χ1n) is 3.83. The number of hydrogen-bond acceptors (Lipinski definition) is 2. The molecule has 1 saturated heterocycles. The summed E-state index contributed by atoms with van der Waals surface area (Å²) in [7, 11) is 0. The van der Waals surface area contributed by atoms with E-state index >= 15 is 0 Å². The van der Waals surface area contributed by atoms with Crippen molar-refractivity contribution in [1.82, 2.24) is 5.32 Å². The van der Waals surface area contributed by atoms with E-state index in [1.807, 2.05) is 18.2 Å². The molecule has 2 nitrogen and oxygen atoms in total. The van der Waals surface area contributed by atoms with E-state index in [9.17, 15) is 0 Å². The Morgan fingerprint density at radius 2 is 2.00 bits per heavy atom. The van der Waals surface area contributed by atoms with Crippen molar-refractivity contribution in [3.8, 4) is 0 Å². The zero-order chi connectivity index (χ0) is 7.68. The lowest BCUT2D eigenvalue weighted by atomic mass is 10.1. The molecule has 1 aliphatic rings. The average molecular weight is 149 g/mol. The maximum Gasteiger partial charge on any atom is 0.0603 e. The third kappa shape index (κ3) is 1.27. The van der Waals surface area contributed by atoms with Crippen LogP contribution in [-0.2, 0) is 0 Å². The van der Waals surface area contributed by atoms with Crippen molar-refractivity contribution in [3.63, 3.8) is 0 Å². The molecule has 0 aromatic heterocycles. The van der Waals surface area contributed by atoms with Gasteiger partial charge in [-0.15, -0.1) is 0 Å². The standard InChI is InChI=1S/C9H11NO/c11-6-8-9(10-8)7-4-2-1-3-5-7/h1-5,8-11H,6H2/t8-,9-/m1/s1. The Morgan fingerprint density at radius 3 is 2.55 bits per heavy atom. The monoisotopic (exact) mass is 149 g/mol. The molecule has 2 heteroatoms. The van der Waals surface area contributed by atoms with Gasteiger partial charge in [-0.05, 0) is 5.56 Å². The Bertz CT molecular complexity index is 235. The zero-order valence-electron chi connectivity index (χ0n) is 6.20. The van der Waals surface area contributed by atoms with Crippen LogP contribution >= 0.6 is 0 Å². The van der Waals surface area contributed by atoms with Gasteiger partial charge in [-0.2, -0.15) is 0 Å². The first kappa shape index (κ1) is 6.83. The molecule has 0 bridgehead atoms. The van der Waals surface area contributed by atoms with Gasteiger partial charge in [0.1, 0.15) is 0 Å². The van der Waals surface area contributed by atoms with Crippen LogP contribution < -0.4 is 5.32 Å². The molecule has 2 rings (SSSR count). The molecular formula is C9H11NO. The largest absolute Gasteiger partial charge is 0.395 e. The summed E-state index contributed by atoms with van der Waals surface area (Å²) < 4.78 is 0. The van der Waals surface area contributed by atoms with Gasteiger partial charge in [0.05, 0.1) is 18.7 Å². The number of aliphatic hydroxyl groups excluding tert-OH is 1. The molecule has 0 aliphatic carbocycles. The fourth-order valence-electron chi connectivity index (χ4n) is 1.32. The predicted molar refractivity (Wildman–Crippen MR) is 43.2 cm³/mol. The van der Waals surface area contributed by atoms with Gasteiger partial charge in [0.15, 0.2) is 0 Å². The highest BCUT2D eigenvalue weighted by Gasteiger charge is 2.36. The first-order chi connectivity index (χ1) is 5.42. The van der Waals surface area contributed by atoms with Crippen LogP contribution in [0.4, 0.5) is 0 Å². The van der Waals surface area contributed by atoms with Crippen molar-refractivity contribution >= 4 is 0 Å². The molecule has 2 N–H and O–H groups in total. The van der Waals surface area contributed by atoms with Gasteiger partial charge in [-0.25, -0.2) is 0 Å². The van der Waals surface area contributed by atoms with E-state index in [2.05, 4.69) is 17.4 Å². The van der Waals surface area contributed by atoms with Crippen molar-refractivity contribution in [3.05, 3.63) is 35.9 Å². The molecule has 0 radical (unpaired) electrons. The van der Waals surface area contributed by atoms with Gasteiger partial charge in [0.25, 0.3) is 0 Å². The van der Waals surface area contributed by atoms with E-state index in [1.165, 1.54) is 5.56 Å². The van der Waals surface area contributed by atoms with Crippen LogP contribution in [-0.4, -0.2) is 17.8 Å². The van der Waals surface area contributed by atoms with Gasteiger partial charge in [-0.3, -0.25) is 0 Å². The topological polar surface area (TPSA) is 42.2 Å². The highest BCUT2D eigenvalue weighted by molar-refractivity contribution is 5.25. The van der Waals surface area contributed by atoms with E-state index < -0.39 is 0 Å². The molecule has 0 unspecified atom stereocenters. The van der Waals surface area contributed by atoms with Crippen LogP contribution in [0.2, 0.25) is 0 Å². The number of hydrogen-bond donors (Lipinski definition) is 2. The zero-order valence-corrected chi connectivity index (χ0v) is 6.20. The Morgan fingerprint density at radius 1 is 1.27 bits per heavy atom. The third-order valence-electron chi connectivity index (χ3n) is 2.04. The summed E-state index contributed by atoms with van der Waals surface area (Å²) in [6.45, 7) is 0.236. The van der Waals surface area contributed by atoms with Crippen LogP contribution in [0.15, 0.2) is 30.3 Å². The van der Waals surface area contributed by atoms with E-state index in [0.29, 0.717) is 6.04 Å². The fourth-order valence-corrected chi connectivity index (χ4v) is 1.32. The van der Waals surface area contributed by atoms with Crippen molar-refractivity contribution < 1.29 is 5.11 Å². The van der Waals surface area contributed by atoms with Gasteiger partial charge < -0.3 is 10.4 Å². The van der Waals surface area contributed by atoms with E-state index in [0.717, 1.165) is 0 Å². The van der Waals surface area contributed by atoms with Gasteiger partial charge >= 0.3 is 0 Å². The summed E-state index contributed by atoms with van der Waals surface area (Å²) in [6, 6.07) is 10.9. The summed E-state index contributed by atoms with van der Waals surface area (Å²) in [4.78, 5) is 0. The van der Waals surface area contributed by atoms with Crippen molar-refractivity contribution in [1.29, 1.82) is 0 Å². The van der Waals surface area contributed by atoms with Crippen LogP contribution in [0.25, 0.3) is 0 Å². The summed E-state index contributed by atoms with van der Waals surface area (Å²) in [5.41, 5.74) is 1.27. The number of nitrogens with one attached hydrogen (secondary N) is 1. The second kappa shape index (κ2) is 2.64. The molecule has 1 aromatic carbocycles. The lowest BCUT2D eigenvalue weighted by Crippen LogP contribution is -1.95. The van der Waals surface area contributed by atoms with Gasteiger partial charge in [0, 0.05) is 0 Å². The summed E-state index contributed by atoms with van der Waals surface area (Å²) in [5.74, 6) is 0. The van der Waals surface area contributed by atoms with Crippen molar-refractivity contribution in [2.75, 3.05) is 6.61 Å². The average Bonchev–Trinajstić information content (AvgIpc) is 2.85. The summed E-state index contributed by atoms with van der Waals surface area (Å²) >= 11 is 0. The molecule has 1 fully saturated rings. The Kier molecular flexibility index (Phi) is 1.64. The molecule has 1 heterocycles. The predicted octanol–water partition coefficient (Wildman–Crippen LogP) is 0.692. The number of rotatable bonds is 2. The number of aliphatic hydroxyl groups is 1. The van der Waals surface area contributed by atoms with Gasteiger partial charge in [-0.1, -0.05) is 30.3 Å². The van der Waals surface area contributed by atoms with E-state index in [4.69, 9.17) is 5.11 Å². The molecule has 0 spiro atoms. The summed E-state index contributed by atoms with van der Waals surface area (Å²) in [5, 5.41) is 12.0. The Labute approximate surface area is 65.9 Å². The number of benzene rings is 1. The molecule has 11 heavy (non-hydrogen) atoms. The minimum atomic E-state index is 0.236. The van der Waals surface area contributed by atoms with Crippen LogP contribution in [0.5, 0.6) is 0 Å². The molecule has 1 aliphatic heterocycles. The van der Waals surface area contributed by atoms with Crippen molar-refractivity contribution in [2.24, 2.45) is 0 Å². The molecule has 58 valence electrons. The molecule has 2 atom stereocenters. The lowest BCUT2D eigenvalue weighted by Gasteiger charge is -1.93. The van der Waals surface area contributed by atoms with Gasteiger partial charge in [0.2, 0.25) is 0 Å². The smallest absolute Gasteiger partial charge is 0.0603 e. The molecule has 0 amide bonds. The van der Waals surface area contributed by atoms with E-state index in [1.54, 1.807) is 0 Å². The first-order valence-corrected chi connectivity index (χ1v) is 3.83. The van der Waals surface area contributed by atoms with Crippen LogP contribution in [0.1, 0.15) is 11.6 Å². The highest BCUT2D eigenvalue weighted by Crippen LogP contribution is 2.28. The fraction of sp³-hybridized carbons (Fsp3) is 0.333. The van der Waals surface area contributed by atoms with E-state index in [-0.39, 0.29) is 12.6 Å². The molecule has 1 aromatic rings. The minimum absolute atomic E-state index is 0.236. The van der Waals surface area contributed by atoms with Crippen LogP contribution in [0.3, 0.4) is 0 Å². The Balaban J connectivity index is 2.09. The minimum Gasteiger partial charge on any atom is -0.395 e. The summed E-state index contributed by atoms with van der Waals surface area (Å²) in [6.07, 6.45) is 0. The Hall–Kier alpha value is -0.860.